The van der Waals surface area contributed by atoms with Gasteiger partial charge in [0.15, 0.2) is 4.67 Å². The maximum Gasteiger partial charge on any atom is 0.245 e. The first-order valence-corrected chi connectivity index (χ1v) is 7.95. The highest BCUT2D eigenvalue weighted by Gasteiger charge is 2.26. The summed E-state index contributed by atoms with van der Waals surface area (Å²) in [5.74, 6) is 1.02. The summed E-state index contributed by atoms with van der Waals surface area (Å²) in [6, 6.07) is 0.619. The summed E-state index contributed by atoms with van der Waals surface area (Å²) in [5, 5.41) is 8.95. The van der Waals surface area contributed by atoms with Crippen molar-refractivity contribution in [2.45, 2.75) is 31.4 Å². The molecule has 0 amide bonds. The quantitative estimate of drug-likeness (QED) is 0.838. The molecule has 1 unspecified atom stereocenters. The first kappa shape index (κ1) is 15.2. The third kappa shape index (κ3) is 3.11. The molecule has 2 heterocycles. The monoisotopic (exact) mass is 364 g/mol. The van der Waals surface area contributed by atoms with Crippen LogP contribution in [0.3, 0.4) is 0 Å². The molecule has 110 valence electrons. The maximum atomic E-state index is 12.2. The number of aliphatic hydroxyl groups excluding tert-OH is 1. The Morgan fingerprint density at radius 3 is 2.70 bits per heavy atom. The number of furan rings is 1. The number of hydrogen-bond acceptors (Lipinski definition) is 6. The molecule has 20 heavy (non-hydrogen) atoms. The predicted octanol–water partition coefficient (Wildman–Crippen LogP) is 1.87. The van der Waals surface area contributed by atoms with Gasteiger partial charge in [-0.15, -0.1) is 0 Å². The zero-order valence-electron chi connectivity index (χ0n) is 10.8. The van der Waals surface area contributed by atoms with E-state index in [1.807, 2.05) is 0 Å². The van der Waals surface area contributed by atoms with Crippen LogP contribution in [0.15, 0.2) is 30.7 Å². The van der Waals surface area contributed by atoms with Gasteiger partial charge in [-0.2, -0.15) is 4.72 Å². The second-order valence-electron chi connectivity index (χ2n) is 4.16. The van der Waals surface area contributed by atoms with E-state index in [-0.39, 0.29) is 27.8 Å². The second-order valence-corrected chi connectivity index (χ2v) is 6.56. The molecule has 0 bridgehead atoms. The lowest BCUT2D eigenvalue weighted by molar-refractivity contribution is 0.245. The molecule has 0 aromatic carbocycles. The smallest absolute Gasteiger partial charge is 0.245 e. The summed E-state index contributed by atoms with van der Waals surface area (Å²) < 4.78 is 37.2. The van der Waals surface area contributed by atoms with Gasteiger partial charge in [0.1, 0.15) is 23.0 Å². The topological polar surface area (TPSA) is 106 Å². The fourth-order valence-electron chi connectivity index (χ4n) is 1.58. The number of oxazole rings is 1. The van der Waals surface area contributed by atoms with Crippen LogP contribution in [0, 0.1) is 6.92 Å². The van der Waals surface area contributed by atoms with Gasteiger partial charge in [-0.1, -0.05) is 0 Å². The van der Waals surface area contributed by atoms with Gasteiger partial charge in [0.2, 0.25) is 15.9 Å². The molecule has 1 atom stereocenters. The molecule has 0 saturated heterocycles. The Labute approximate surface area is 124 Å². The molecule has 0 spiro atoms. The number of rotatable bonds is 5. The SMILES string of the molecule is Cc1cnc(C(C)NS(=O)(=O)c2cc(CO)oc2Br)o1. The lowest BCUT2D eigenvalue weighted by Crippen LogP contribution is -2.27. The van der Waals surface area contributed by atoms with Crippen molar-refractivity contribution in [1.82, 2.24) is 9.71 Å². The predicted molar refractivity (Wildman–Crippen MR) is 72.3 cm³/mol. The van der Waals surface area contributed by atoms with Gasteiger partial charge >= 0.3 is 0 Å². The highest BCUT2D eigenvalue weighted by atomic mass is 79.9. The van der Waals surface area contributed by atoms with Crippen LogP contribution in [0.25, 0.3) is 0 Å². The van der Waals surface area contributed by atoms with Crippen LogP contribution in [-0.4, -0.2) is 18.5 Å². The summed E-state index contributed by atoms with van der Waals surface area (Å²) in [6.45, 7) is 2.95. The van der Waals surface area contributed by atoms with Gasteiger partial charge in [-0.25, -0.2) is 13.4 Å². The summed E-state index contributed by atoms with van der Waals surface area (Å²) >= 11 is 3.01. The number of aromatic nitrogens is 1. The minimum Gasteiger partial charge on any atom is -0.450 e. The standard InChI is InChI=1S/C11H13BrN2O5S/c1-6-4-13-11(18-6)7(2)14-20(16,17)9-3-8(5-15)19-10(9)12/h3-4,7,14-15H,5H2,1-2H3. The van der Waals surface area contributed by atoms with E-state index in [2.05, 4.69) is 25.6 Å². The fraction of sp³-hybridized carbons (Fsp3) is 0.364. The highest BCUT2D eigenvalue weighted by Crippen LogP contribution is 2.27. The third-order valence-corrected chi connectivity index (χ3v) is 4.89. The number of nitrogens with one attached hydrogen (secondary N) is 1. The summed E-state index contributed by atoms with van der Waals surface area (Å²) in [4.78, 5) is 3.88. The van der Waals surface area contributed by atoms with E-state index < -0.39 is 16.1 Å². The molecule has 0 radical (unpaired) electrons. The number of hydrogen-bond donors (Lipinski definition) is 2. The number of aliphatic hydroxyl groups is 1. The second kappa shape index (κ2) is 5.68. The average molecular weight is 365 g/mol. The molecule has 0 aliphatic rings. The van der Waals surface area contributed by atoms with Gasteiger partial charge in [0, 0.05) is 6.07 Å². The first-order chi connectivity index (χ1) is 9.33. The first-order valence-electron chi connectivity index (χ1n) is 5.67. The van der Waals surface area contributed by atoms with Crippen molar-refractivity contribution in [3.05, 3.63) is 34.3 Å². The van der Waals surface area contributed by atoms with Crippen LogP contribution in [0.5, 0.6) is 0 Å². The Kier molecular flexibility index (Phi) is 4.33. The van der Waals surface area contributed by atoms with Crippen molar-refractivity contribution in [2.75, 3.05) is 0 Å². The molecule has 0 aliphatic heterocycles. The van der Waals surface area contributed by atoms with Crippen LogP contribution in [0.4, 0.5) is 0 Å². The Hall–Kier alpha value is -1.16. The molecule has 2 N–H and O–H groups in total. The van der Waals surface area contributed by atoms with Crippen molar-refractivity contribution in [3.63, 3.8) is 0 Å². The zero-order chi connectivity index (χ0) is 14.9. The Morgan fingerprint density at radius 2 is 2.20 bits per heavy atom. The molecule has 2 aromatic rings. The summed E-state index contributed by atoms with van der Waals surface area (Å²) in [6.07, 6.45) is 1.51. The lowest BCUT2D eigenvalue weighted by atomic mass is 10.4. The van der Waals surface area contributed by atoms with E-state index in [4.69, 9.17) is 13.9 Å². The highest BCUT2D eigenvalue weighted by molar-refractivity contribution is 9.10. The van der Waals surface area contributed by atoms with Crippen molar-refractivity contribution in [1.29, 1.82) is 0 Å². The van der Waals surface area contributed by atoms with E-state index in [0.29, 0.717) is 5.76 Å². The van der Waals surface area contributed by atoms with Gasteiger partial charge in [0.25, 0.3) is 0 Å². The van der Waals surface area contributed by atoms with Gasteiger partial charge in [-0.05, 0) is 29.8 Å². The molecule has 2 rings (SSSR count). The van der Waals surface area contributed by atoms with Crippen LogP contribution < -0.4 is 4.72 Å². The average Bonchev–Trinajstić information content (AvgIpc) is 2.95. The van der Waals surface area contributed by atoms with Crippen molar-refractivity contribution >= 4 is 26.0 Å². The largest absolute Gasteiger partial charge is 0.450 e. The van der Waals surface area contributed by atoms with E-state index in [9.17, 15) is 8.42 Å². The Balaban J connectivity index is 2.24. The summed E-state index contributed by atoms with van der Waals surface area (Å²) in [7, 11) is -3.82. The zero-order valence-corrected chi connectivity index (χ0v) is 13.2. The molecule has 0 aliphatic carbocycles. The Morgan fingerprint density at radius 1 is 1.50 bits per heavy atom. The number of halogens is 1. The van der Waals surface area contributed by atoms with E-state index in [0.717, 1.165) is 0 Å². The summed E-state index contributed by atoms with van der Waals surface area (Å²) in [5.41, 5.74) is 0. The molecule has 9 heteroatoms. The lowest BCUT2D eigenvalue weighted by Gasteiger charge is -2.10. The van der Waals surface area contributed by atoms with Crippen molar-refractivity contribution in [2.24, 2.45) is 0 Å². The third-order valence-electron chi connectivity index (χ3n) is 2.49. The van der Waals surface area contributed by atoms with Gasteiger partial charge in [-0.3, -0.25) is 0 Å². The van der Waals surface area contributed by atoms with Crippen LogP contribution in [-0.2, 0) is 16.6 Å². The van der Waals surface area contributed by atoms with E-state index in [1.54, 1.807) is 13.8 Å². The molecule has 0 fully saturated rings. The van der Waals surface area contributed by atoms with Crippen LogP contribution >= 0.6 is 15.9 Å². The minimum absolute atomic E-state index is 0.0323. The molecular formula is C11H13BrN2O5S. The molecule has 7 nitrogen and oxygen atoms in total. The Bertz CT molecular complexity index is 706. The molecular weight excluding hydrogens is 352 g/mol. The van der Waals surface area contributed by atoms with Crippen molar-refractivity contribution < 1.29 is 22.4 Å². The molecule has 2 aromatic heterocycles. The van der Waals surface area contributed by atoms with E-state index in [1.165, 1.54) is 12.3 Å². The van der Waals surface area contributed by atoms with Gasteiger partial charge < -0.3 is 13.9 Å². The number of aryl methyl sites for hydroxylation is 1. The van der Waals surface area contributed by atoms with Crippen LogP contribution in [0.1, 0.15) is 30.4 Å². The molecule has 0 saturated carbocycles. The fourth-order valence-corrected chi connectivity index (χ4v) is 3.77. The normalized spacial score (nSPS) is 13.6. The van der Waals surface area contributed by atoms with E-state index >= 15 is 0 Å². The van der Waals surface area contributed by atoms with Crippen molar-refractivity contribution in [3.8, 4) is 0 Å². The van der Waals surface area contributed by atoms with Crippen LogP contribution in [0.2, 0.25) is 0 Å². The minimum atomic E-state index is -3.82. The number of nitrogens with zero attached hydrogens (tertiary/aromatic N) is 1. The maximum absolute atomic E-state index is 12.2. The number of sulfonamides is 1. The van der Waals surface area contributed by atoms with Gasteiger partial charge in [0.05, 0.1) is 12.2 Å².